The molecule has 92 valence electrons. The van der Waals surface area contributed by atoms with Crippen molar-refractivity contribution >= 4 is 40.1 Å². The smallest absolute Gasteiger partial charge is 0.254 e. The van der Waals surface area contributed by atoms with E-state index in [1.54, 1.807) is 6.07 Å². The third-order valence-corrected chi connectivity index (χ3v) is 4.27. The van der Waals surface area contributed by atoms with Gasteiger partial charge in [-0.25, -0.2) is 0 Å². The Morgan fingerprint density at radius 3 is 3.00 bits per heavy atom. The van der Waals surface area contributed by atoms with E-state index >= 15 is 0 Å². The number of carbonyl (C=O) groups excluding carboxylic acids is 1. The summed E-state index contributed by atoms with van der Waals surface area (Å²) in [5.41, 5.74) is 0.643. The zero-order chi connectivity index (χ0) is 12.4. The Balaban J connectivity index is 2.15. The zero-order valence-corrected chi connectivity index (χ0v) is 12.4. The summed E-state index contributed by atoms with van der Waals surface area (Å²) in [7, 11) is 0. The van der Waals surface area contributed by atoms with Crippen LogP contribution in [0.3, 0.4) is 0 Å². The molecule has 1 amide bonds. The fourth-order valence-electron chi connectivity index (χ4n) is 1.81. The summed E-state index contributed by atoms with van der Waals surface area (Å²) in [5, 5.41) is 0.623. The molecular formula is C12H13ClINO2. The molecule has 0 saturated carbocycles. The number of benzene rings is 1. The number of rotatable bonds is 1. The summed E-state index contributed by atoms with van der Waals surface area (Å²) in [6, 6.07) is 5.40. The number of hydrogen-bond donors (Lipinski definition) is 0. The van der Waals surface area contributed by atoms with E-state index in [4.69, 9.17) is 16.3 Å². The molecule has 0 radical (unpaired) electrons. The maximum Gasteiger partial charge on any atom is 0.254 e. The Kier molecular flexibility index (Phi) is 4.27. The molecule has 5 heteroatoms. The first-order valence-electron chi connectivity index (χ1n) is 5.44. The first-order valence-corrected chi connectivity index (χ1v) is 6.89. The second kappa shape index (κ2) is 5.54. The van der Waals surface area contributed by atoms with Crippen molar-refractivity contribution in [3.63, 3.8) is 0 Å². The van der Waals surface area contributed by atoms with Crippen LogP contribution in [0.1, 0.15) is 17.3 Å². The van der Waals surface area contributed by atoms with E-state index in [-0.39, 0.29) is 12.0 Å². The molecule has 1 atom stereocenters. The average molecular weight is 366 g/mol. The number of hydrogen-bond acceptors (Lipinski definition) is 2. The van der Waals surface area contributed by atoms with Gasteiger partial charge >= 0.3 is 0 Å². The third-order valence-electron chi connectivity index (χ3n) is 2.69. The minimum absolute atomic E-state index is 0.0263. The van der Waals surface area contributed by atoms with E-state index in [2.05, 4.69) is 22.6 Å². The first kappa shape index (κ1) is 13.1. The maximum atomic E-state index is 12.2. The molecule has 2 rings (SSSR count). The van der Waals surface area contributed by atoms with Crippen molar-refractivity contribution in [1.82, 2.24) is 4.90 Å². The summed E-state index contributed by atoms with van der Waals surface area (Å²) in [4.78, 5) is 14.0. The molecule has 3 nitrogen and oxygen atoms in total. The van der Waals surface area contributed by atoms with E-state index in [1.165, 1.54) is 0 Å². The number of morpholine rings is 1. The van der Waals surface area contributed by atoms with E-state index in [1.807, 2.05) is 24.0 Å². The normalized spacial score (nSPS) is 20.4. The molecule has 0 bridgehead atoms. The highest BCUT2D eigenvalue weighted by Crippen LogP contribution is 2.21. The third kappa shape index (κ3) is 3.11. The Hall–Kier alpha value is -0.330. The second-order valence-electron chi connectivity index (χ2n) is 4.06. The van der Waals surface area contributed by atoms with Crippen LogP contribution in [-0.4, -0.2) is 36.6 Å². The predicted molar refractivity (Wildman–Crippen MR) is 75.5 cm³/mol. The molecule has 1 aromatic carbocycles. The standard InChI is InChI=1S/C12H13ClINO2/c1-8-7-15(4-5-17-8)12(16)9-2-3-11(14)10(13)6-9/h2-3,6,8H,4-5,7H2,1H3/t8-/m0/s1. The molecule has 1 aliphatic heterocycles. The SMILES string of the molecule is C[C@H]1CN(C(=O)c2ccc(I)c(Cl)c2)CCO1. The Bertz CT molecular complexity index is 439. The Morgan fingerprint density at radius 2 is 2.35 bits per heavy atom. The van der Waals surface area contributed by atoms with Gasteiger partial charge in [0.2, 0.25) is 0 Å². The monoisotopic (exact) mass is 365 g/mol. The lowest BCUT2D eigenvalue weighted by Crippen LogP contribution is -2.44. The van der Waals surface area contributed by atoms with Gasteiger partial charge in [-0.05, 0) is 47.7 Å². The lowest BCUT2D eigenvalue weighted by Gasteiger charge is -2.31. The summed E-state index contributed by atoms with van der Waals surface area (Å²) in [5.74, 6) is 0.0263. The van der Waals surface area contributed by atoms with Gasteiger partial charge in [0, 0.05) is 22.2 Å². The summed E-state index contributed by atoms with van der Waals surface area (Å²) in [6.07, 6.45) is 0.104. The quantitative estimate of drug-likeness (QED) is 0.716. The van der Waals surface area contributed by atoms with Crippen molar-refractivity contribution in [2.24, 2.45) is 0 Å². The molecule has 0 N–H and O–H groups in total. The molecule has 0 aromatic heterocycles. The van der Waals surface area contributed by atoms with Crippen molar-refractivity contribution in [2.45, 2.75) is 13.0 Å². The molecular weight excluding hydrogens is 352 g/mol. The van der Waals surface area contributed by atoms with Crippen molar-refractivity contribution in [1.29, 1.82) is 0 Å². The second-order valence-corrected chi connectivity index (χ2v) is 5.63. The van der Waals surface area contributed by atoms with E-state index in [0.717, 1.165) is 3.57 Å². The highest BCUT2D eigenvalue weighted by Gasteiger charge is 2.22. The van der Waals surface area contributed by atoms with Gasteiger partial charge in [-0.15, -0.1) is 0 Å². The number of carbonyl (C=O) groups is 1. The molecule has 1 aliphatic rings. The Labute approximate surface area is 119 Å². The highest BCUT2D eigenvalue weighted by atomic mass is 127. The van der Waals surface area contributed by atoms with Gasteiger partial charge < -0.3 is 9.64 Å². The number of halogens is 2. The topological polar surface area (TPSA) is 29.5 Å². The van der Waals surface area contributed by atoms with Gasteiger partial charge in [-0.1, -0.05) is 11.6 Å². The number of amides is 1. The van der Waals surface area contributed by atoms with Gasteiger partial charge in [0.1, 0.15) is 0 Å². The molecule has 1 saturated heterocycles. The predicted octanol–water partition coefficient (Wildman–Crippen LogP) is 2.81. The van der Waals surface area contributed by atoms with Crippen LogP contribution in [0, 0.1) is 3.57 Å². The maximum absolute atomic E-state index is 12.2. The van der Waals surface area contributed by atoms with Crippen LogP contribution >= 0.6 is 34.2 Å². The minimum atomic E-state index is 0.0263. The molecule has 0 unspecified atom stereocenters. The van der Waals surface area contributed by atoms with Crippen LogP contribution in [0.5, 0.6) is 0 Å². The van der Waals surface area contributed by atoms with E-state index < -0.39 is 0 Å². The summed E-state index contributed by atoms with van der Waals surface area (Å²) < 4.78 is 6.37. The fourth-order valence-corrected chi connectivity index (χ4v) is 2.33. The number of nitrogens with zero attached hydrogens (tertiary/aromatic N) is 1. The zero-order valence-electron chi connectivity index (χ0n) is 9.45. The summed E-state index contributed by atoms with van der Waals surface area (Å²) in [6.45, 7) is 3.86. The molecule has 1 heterocycles. The molecule has 17 heavy (non-hydrogen) atoms. The van der Waals surface area contributed by atoms with Crippen LogP contribution in [0.25, 0.3) is 0 Å². The average Bonchev–Trinajstić information content (AvgIpc) is 2.32. The largest absolute Gasteiger partial charge is 0.375 e. The minimum Gasteiger partial charge on any atom is -0.375 e. The summed E-state index contributed by atoms with van der Waals surface area (Å²) >= 11 is 8.17. The highest BCUT2D eigenvalue weighted by molar-refractivity contribution is 14.1. The van der Waals surface area contributed by atoms with Gasteiger partial charge in [0.05, 0.1) is 17.7 Å². The molecule has 1 fully saturated rings. The fraction of sp³-hybridized carbons (Fsp3) is 0.417. The van der Waals surface area contributed by atoms with Crippen LogP contribution in [0.15, 0.2) is 18.2 Å². The van der Waals surface area contributed by atoms with Gasteiger partial charge in [-0.2, -0.15) is 0 Å². The lowest BCUT2D eigenvalue weighted by molar-refractivity contribution is -0.0124. The van der Waals surface area contributed by atoms with Crippen LogP contribution in [0.2, 0.25) is 5.02 Å². The van der Waals surface area contributed by atoms with E-state index in [0.29, 0.717) is 30.3 Å². The lowest BCUT2D eigenvalue weighted by atomic mass is 10.2. The van der Waals surface area contributed by atoms with Crippen molar-refractivity contribution in [3.05, 3.63) is 32.4 Å². The van der Waals surface area contributed by atoms with Crippen molar-refractivity contribution in [3.8, 4) is 0 Å². The number of ether oxygens (including phenoxy) is 1. The van der Waals surface area contributed by atoms with E-state index in [9.17, 15) is 4.79 Å². The van der Waals surface area contributed by atoms with Gasteiger partial charge in [0.15, 0.2) is 0 Å². The molecule has 0 aliphatic carbocycles. The van der Waals surface area contributed by atoms with Crippen molar-refractivity contribution in [2.75, 3.05) is 19.7 Å². The molecule has 1 aromatic rings. The van der Waals surface area contributed by atoms with Crippen molar-refractivity contribution < 1.29 is 9.53 Å². The Morgan fingerprint density at radius 1 is 1.59 bits per heavy atom. The van der Waals surface area contributed by atoms with Gasteiger partial charge in [0.25, 0.3) is 5.91 Å². The first-order chi connectivity index (χ1) is 8.08. The van der Waals surface area contributed by atoms with Crippen LogP contribution in [-0.2, 0) is 4.74 Å². The van der Waals surface area contributed by atoms with Crippen LogP contribution < -0.4 is 0 Å². The van der Waals surface area contributed by atoms with Gasteiger partial charge in [-0.3, -0.25) is 4.79 Å². The van der Waals surface area contributed by atoms with Crippen LogP contribution in [0.4, 0.5) is 0 Å². The molecule has 0 spiro atoms.